The zero-order chi connectivity index (χ0) is 23.5. The van der Waals surface area contributed by atoms with Crippen LogP contribution in [0, 0.1) is 11.8 Å². The molecule has 0 aromatic carbocycles. The number of rotatable bonds is 10. The third kappa shape index (κ3) is 9.29. The fourth-order valence-electron chi connectivity index (χ4n) is 5.82. The second-order valence-corrected chi connectivity index (χ2v) is 11.0. The molecule has 0 saturated heterocycles. The van der Waals surface area contributed by atoms with Gasteiger partial charge in [-0.3, -0.25) is 14.4 Å². The van der Waals surface area contributed by atoms with E-state index in [0.29, 0.717) is 18.9 Å². The average molecular weight is 462 g/mol. The second-order valence-electron chi connectivity index (χ2n) is 11.0. The molecular formula is C27H47N3O3. The monoisotopic (exact) mass is 461 g/mol. The Bertz CT molecular complexity index is 620. The van der Waals surface area contributed by atoms with Gasteiger partial charge in [0, 0.05) is 36.4 Å². The van der Waals surface area contributed by atoms with E-state index in [1.807, 2.05) is 6.92 Å². The number of hydrogen-bond acceptors (Lipinski definition) is 3. The summed E-state index contributed by atoms with van der Waals surface area (Å²) in [6, 6.07) is 0.802. The smallest absolute Gasteiger partial charge is 0.223 e. The van der Waals surface area contributed by atoms with Gasteiger partial charge in [-0.1, -0.05) is 64.7 Å². The lowest BCUT2D eigenvalue weighted by Crippen LogP contribution is -2.43. The van der Waals surface area contributed by atoms with E-state index < -0.39 is 0 Å². The molecule has 3 rings (SSSR count). The molecule has 3 saturated carbocycles. The maximum absolute atomic E-state index is 13.1. The van der Waals surface area contributed by atoms with Crippen molar-refractivity contribution in [3.63, 3.8) is 0 Å². The largest absolute Gasteiger partial charge is 0.353 e. The number of amides is 3. The molecule has 3 N–H and O–H groups in total. The van der Waals surface area contributed by atoms with Crippen LogP contribution in [0.5, 0.6) is 0 Å². The third-order valence-electron chi connectivity index (χ3n) is 8.07. The topological polar surface area (TPSA) is 87.3 Å². The molecule has 0 aromatic heterocycles. The fraction of sp³-hybridized carbons (Fsp3) is 0.889. The minimum atomic E-state index is -0.361. The van der Waals surface area contributed by atoms with Gasteiger partial charge in [-0.25, -0.2) is 0 Å². The van der Waals surface area contributed by atoms with E-state index in [0.717, 1.165) is 51.4 Å². The predicted molar refractivity (Wildman–Crippen MR) is 132 cm³/mol. The first-order valence-corrected chi connectivity index (χ1v) is 13.9. The van der Waals surface area contributed by atoms with Gasteiger partial charge >= 0.3 is 0 Å². The molecule has 0 bridgehead atoms. The molecule has 188 valence electrons. The lowest BCUT2D eigenvalue weighted by atomic mass is 9.90. The first-order valence-electron chi connectivity index (χ1n) is 13.9. The molecule has 0 spiro atoms. The molecule has 0 radical (unpaired) electrons. The lowest BCUT2D eigenvalue weighted by molar-refractivity contribution is -0.132. The van der Waals surface area contributed by atoms with E-state index in [2.05, 4.69) is 16.0 Å². The van der Waals surface area contributed by atoms with Crippen LogP contribution in [0.25, 0.3) is 0 Å². The highest BCUT2D eigenvalue weighted by Gasteiger charge is 2.28. The zero-order valence-corrected chi connectivity index (χ0v) is 20.8. The number of nitrogens with one attached hydrogen (secondary N) is 3. The quantitative estimate of drug-likeness (QED) is 0.438. The van der Waals surface area contributed by atoms with E-state index in [4.69, 9.17) is 0 Å². The highest BCUT2D eigenvalue weighted by atomic mass is 16.2. The Morgan fingerprint density at radius 3 is 1.52 bits per heavy atom. The van der Waals surface area contributed by atoms with Crippen molar-refractivity contribution in [3.05, 3.63) is 0 Å². The highest BCUT2D eigenvalue weighted by Crippen LogP contribution is 2.23. The summed E-state index contributed by atoms with van der Waals surface area (Å²) in [5.41, 5.74) is 0. The first kappa shape index (κ1) is 26.0. The predicted octanol–water partition coefficient (Wildman–Crippen LogP) is 4.76. The summed E-state index contributed by atoms with van der Waals surface area (Å²) < 4.78 is 0. The van der Waals surface area contributed by atoms with Crippen molar-refractivity contribution in [1.82, 2.24) is 16.0 Å². The maximum Gasteiger partial charge on any atom is 0.223 e. The number of carbonyl (C=O) groups excluding carboxylic acids is 3. The van der Waals surface area contributed by atoms with Gasteiger partial charge in [0.1, 0.15) is 0 Å². The fourth-order valence-corrected chi connectivity index (χ4v) is 5.82. The van der Waals surface area contributed by atoms with Crippen molar-refractivity contribution < 1.29 is 14.4 Å². The normalized spacial score (nSPS) is 22.8. The molecule has 0 heterocycles. The molecule has 33 heavy (non-hydrogen) atoms. The summed E-state index contributed by atoms with van der Waals surface area (Å²) in [7, 11) is 0. The molecule has 6 heteroatoms. The zero-order valence-electron chi connectivity index (χ0n) is 20.8. The molecule has 0 aliphatic heterocycles. The number of carbonyl (C=O) groups is 3. The summed E-state index contributed by atoms with van der Waals surface area (Å²) in [6.45, 7) is 1.95. The van der Waals surface area contributed by atoms with Crippen LogP contribution in [-0.4, -0.2) is 35.8 Å². The highest BCUT2D eigenvalue weighted by molar-refractivity contribution is 5.86. The molecular weight excluding hydrogens is 414 g/mol. The van der Waals surface area contributed by atoms with Crippen molar-refractivity contribution in [2.75, 3.05) is 0 Å². The van der Waals surface area contributed by atoms with Crippen molar-refractivity contribution in [1.29, 1.82) is 0 Å². The Morgan fingerprint density at radius 2 is 1.03 bits per heavy atom. The van der Waals surface area contributed by atoms with Crippen LogP contribution in [0.15, 0.2) is 0 Å². The molecule has 3 aliphatic rings. The molecule has 0 aromatic rings. The van der Waals surface area contributed by atoms with Gasteiger partial charge in [0.05, 0.1) is 0 Å². The Balaban J connectivity index is 1.51. The van der Waals surface area contributed by atoms with E-state index >= 15 is 0 Å². The van der Waals surface area contributed by atoms with Crippen molar-refractivity contribution in [2.45, 2.75) is 141 Å². The molecule has 2 unspecified atom stereocenters. The summed E-state index contributed by atoms with van der Waals surface area (Å²) in [5.74, 6) is -0.413. The third-order valence-corrected chi connectivity index (χ3v) is 8.07. The van der Waals surface area contributed by atoms with E-state index in [1.165, 1.54) is 44.9 Å². The van der Waals surface area contributed by atoms with Crippen LogP contribution < -0.4 is 16.0 Å². The summed E-state index contributed by atoms with van der Waals surface area (Å²) >= 11 is 0. The summed E-state index contributed by atoms with van der Waals surface area (Å²) in [4.78, 5) is 38.6. The molecule has 2 atom stereocenters. The van der Waals surface area contributed by atoms with E-state index in [9.17, 15) is 14.4 Å². The average Bonchev–Trinajstić information content (AvgIpc) is 2.83. The molecule has 6 nitrogen and oxygen atoms in total. The summed E-state index contributed by atoms with van der Waals surface area (Å²) in [5, 5.41) is 9.61. The minimum absolute atomic E-state index is 0.000540. The minimum Gasteiger partial charge on any atom is -0.353 e. The van der Waals surface area contributed by atoms with Gasteiger partial charge in [-0.2, -0.15) is 0 Å². The Labute approximate surface area is 200 Å². The van der Waals surface area contributed by atoms with Crippen LogP contribution in [0.1, 0.15) is 122 Å². The Kier molecular flexibility index (Phi) is 11.0. The SMILES string of the molecule is CC(CCC(CC(=O)NC1CCCCC1)C(=O)NC1CCCCC1)C(=O)NC1CCCCC1. The van der Waals surface area contributed by atoms with Crippen LogP contribution in [0.2, 0.25) is 0 Å². The Morgan fingerprint density at radius 1 is 0.606 bits per heavy atom. The standard InChI is InChI=1S/C27H47N3O3/c1-20(26(32)29-23-13-7-3-8-14-23)17-18-21(27(33)30-24-15-9-4-10-16-24)19-25(31)28-22-11-5-2-6-12-22/h20-24H,2-19H2,1H3,(H,28,31)(H,29,32)(H,30,33). The van der Waals surface area contributed by atoms with Gasteiger partial charge in [-0.05, 0) is 51.4 Å². The maximum atomic E-state index is 13.1. The van der Waals surface area contributed by atoms with Crippen LogP contribution in [-0.2, 0) is 14.4 Å². The lowest BCUT2D eigenvalue weighted by Gasteiger charge is -2.27. The van der Waals surface area contributed by atoms with Crippen molar-refractivity contribution in [2.24, 2.45) is 11.8 Å². The van der Waals surface area contributed by atoms with Gasteiger partial charge in [-0.15, -0.1) is 0 Å². The van der Waals surface area contributed by atoms with E-state index in [-0.39, 0.29) is 48.1 Å². The molecule has 3 amide bonds. The Hall–Kier alpha value is -1.59. The van der Waals surface area contributed by atoms with Crippen molar-refractivity contribution >= 4 is 17.7 Å². The second kappa shape index (κ2) is 14.0. The van der Waals surface area contributed by atoms with Crippen LogP contribution in [0.3, 0.4) is 0 Å². The van der Waals surface area contributed by atoms with Crippen LogP contribution >= 0.6 is 0 Å². The van der Waals surface area contributed by atoms with Gasteiger partial charge in [0.25, 0.3) is 0 Å². The summed E-state index contributed by atoms with van der Waals surface area (Å²) in [6.07, 6.45) is 18.6. The van der Waals surface area contributed by atoms with Gasteiger partial charge in [0.15, 0.2) is 0 Å². The molecule has 3 aliphatic carbocycles. The number of hydrogen-bond donors (Lipinski definition) is 3. The van der Waals surface area contributed by atoms with Crippen molar-refractivity contribution in [3.8, 4) is 0 Å². The first-order chi connectivity index (χ1) is 16.0. The molecule has 3 fully saturated rings. The van der Waals surface area contributed by atoms with Gasteiger partial charge < -0.3 is 16.0 Å². The van der Waals surface area contributed by atoms with E-state index in [1.54, 1.807) is 0 Å². The van der Waals surface area contributed by atoms with Crippen LogP contribution in [0.4, 0.5) is 0 Å². The van der Waals surface area contributed by atoms with Gasteiger partial charge in [0.2, 0.25) is 17.7 Å².